The second kappa shape index (κ2) is 7.48. The number of aromatic amines is 1. The molecule has 1 atom stereocenters. The summed E-state index contributed by atoms with van der Waals surface area (Å²) in [5, 5.41) is 12.6. The number of methoxy groups -OCH3 is 1. The van der Waals surface area contributed by atoms with Gasteiger partial charge in [0.05, 0.1) is 18.7 Å². The molecule has 0 aliphatic carbocycles. The average molecular weight is 374 g/mol. The van der Waals surface area contributed by atoms with Gasteiger partial charge in [-0.3, -0.25) is 4.79 Å². The molecule has 0 fully saturated rings. The van der Waals surface area contributed by atoms with Crippen LogP contribution in [0, 0.1) is 0 Å². The van der Waals surface area contributed by atoms with Crippen LogP contribution in [0.4, 0.5) is 11.6 Å². The molecule has 0 aliphatic heterocycles. The molecule has 0 saturated carbocycles. The Labute approximate surface area is 153 Å². The van der Waals surface area contributed by atoms with Crippen LogP contribution >= 0.6 is 11.8 Å². The lowest BCUT2D eigenvalue weighted by Crippen LogP contribution is -2.24. The molecule has 0 spiro atoms. The zero-order valence-corrected chi connectivity index (χ0v) is 15.0. The first kappa shape index (κ1) is 17.8. The van der Waals surface area contributed by atoms with Crippen LogP contribution in [0.25, 0.3) is 11.2 Å². The monoisotopic (exact) mass is 374 g/mol. The number of anilines is 2. The number of thioether (sulfide) groups is 1. The third kappa shape index (κ3) is 3.64. The van der Waals surface area contributed by atoms with Gasteiger partial charge in [-0.2, -0.15) is 4.98 Å². The molecular formula is C16H18N6O3S. The first-order valence-electron chi connectivity index (χ1n) is 7.83. The Hall–Kier alpha value is -3.01. The van der Waals surface area contributed by atoms with E-state index in [2.05, 4.69) is 25.3 Å². The summed E-state index contributed by atoms with van der Waals surface area (Å²) in [5.41, 5.74) is 7.34. The lowest BCUT2D eigenvalue weighted by molar-refractivity contribution is -0.115. The maximum Gasteiger partial charge on any atom is 0.237 e. The van der Waals surface area contributed by atoms with Crippen LogP contribution in [0.5, 0.6) is 11.5 Å². The van der Waals surface area contributed by atoms with Crippen molar-refractivity contribution in [2.45, 2.75) is 23.6 Å². The highest BCUT2D eigenvalue weighted by Crippen LogP contribution is 2.31. The molecule has 5 N–H and O–H groups in total. The number of benzene rings is 1. The van der Waals surface area contributed by atoms with E-state index in [0.717, 1.165) is 0 Å². The number of H-pyrrole nitrogens is 1. The topological polar surface area (TPSA) is 139 Å². The van der Waals surface area contributed by atoms with E-state index in [0.29, 0.717) is 28.3 Å². The van der Waals surface area contributed by atoms with Crippen LogP contribution in [0.3, 0.4) is 0 Å². The number of ether oxygens (including phenoxy) is 1. The van der Waals surface area contributed by atoms with Crippen molar-refractivity contribution in [2.24, 2.45) is 0 Å². The van der Waals surface area contributed by atoms with Gasteiger partial charge in [0.25, 0.3) is 0 Å². The van der Waals surface area contributed by atoms with Gasteiger partial charge in [0, 0.05) is 11.8 Å². The number of phenolic OH excluding ortho intramolecular Hbond substituents is 1. The van der Waals surface area contributed by atoms with E-state index in [-0.39, 0.29) is 23.4 Å². The lowest BCUT2D eigenvalue weighted by Gasteiger charge is -2.15. The number of nitrogens with two attached hydrogens (primary N) is 1. The molecule has 3 aromatic rings. The number of aromatic nitrogens is 4. The van der Waals surface area contributed by atoms with Crippen molar-refractivity contribution in [2.75, 3.05) is 18.2 Å². The van der Waals surface area contributed by atoms with Gasteiger partial charge in [0.1, 0.15) is 10.5 Å². The predicted molar refractivity (Wildman–Crippen MR) is 99.3 cm³/mol. The Morgan fingerprint density at radius 2 is 2.27 bits per heavy atom. The van der Waals surface area contributed by atoms with Gasteiger partial charge < -0.3 is 25.9 Å². The predicted octanol–water partition coefficient (Wildman–Crippen LogP) is 2.16. The number of carbonyl (C=O) groups is 1. The van der Waals surface area contributed by atoms with Gasteiger partial charge in [-0.1, -0.05) is 18.7 Å². The fourth-order valence-electron chi connectivity index (χ4n) is 2.34. The number of aromatic hydroxyl groups is 1. The number of hydrogen-bond donors (Lipinski definition) is 4. The number of nitrogen functional groups attached to an aromatic ring is 1. The third-order valence-electron chi connectivity index (χ3n) is 3.63. The summed E-state index contributed by atoms with van der Waals surface area (Å²) in [5.74, 6) is 0.192. The van der Waals surface area contributed by atoms with E-state index in [1.54, 1.807) is 12.1 Å². The smallest absolute Gasteiger partial charge is 0.237 e. The van der Waals surface area contributed by atoms with Crippen molar-refractivity contribution in [3.05, 3.63) is 24.5 Å². The zero-order valence-electron chi connectivity index (χ0n) is 14.2. The Balaban J connectivity index is 1.79. The van der Waals surface area contributed by atoms with Crippen LogP contribution < -0.4 is 15.8 Å². The van der Waals surface area contributed by atoms with E-state index < -0.39 is 5.25 Å². The zero-order chi connectivity index (χ0) is 18.7. The SMILES string of the molecule is CC[C@H](Sc1nc(N)nc2nc[nH]c12)C(=O)Nc1ccc(O)c(OC)c1. The minimum Gasteiger partial charge on any atom is -0.504 e. The lowest BCUT2D eigenvalue weighted by atomic mass is 10.2. The third-order valence-corrected chi connectivity index (χ3v) is 4.98. The van der Waals surface area contributed by atoms with E-state index in [9.17, 15) is 9.90 Å². The molecule has 26 heavy (non-hydrogen) atoms. The second-order valence-corrected chi connectivity index (χ2v) is 6.57. The second-order valence-electron chi connectivity index (χ2n) is 5.38. The normalized spacial score (nSPS) is 12.1. The standard InChI is InChI=1S/C16H18N6O3S/c1-3-11(14(24)20-8-4-5-9(23)10(6-8)25-2)26-15-12-13(19-7-18-12)21-16(17)22-15/h4-7,11,23H,3H2,1-2H3,(H,20,24)(H3,17,18,19,21,22)/t11-/m0/s1. The molecule has 0 saturated heterocycles. The number of phenols is 1. The van der Waals surface area contributed by atoms with Gasteiger partial charge in [-0.05, 0) is 18.6 Å². The van der Waals surface area contributed by atoms with Gasteiger partial charge in [-0.25, -0.2) is 9.97 Å². The highest BCUT2D eigenvalue weighted by molar-refractivity contribution is 8.00. The molecule has 2 heterocycles. The van der Waals surface area contributed by atoms with Crippen molar-refractivity contribution in [3.63, 3.8) is 0 Å². The largest absolute Gasteiger partial charge is 0.504 e. The van der Waals surface area contributed by atoms with Gasteiger partial charge in [0.15, 0.2) is 17.1 Å². The molecule has 1 aromatic carbocycles. The summed E-state index contributed by atoms with van der Waals surface area (Å²) in [4.78, 5) is 28.0. The number of amides is 1. The van der Waals surface area contributed by atoms with Crippen molar-refractivity contribution < 1.29 is 14.6 Å². The molecule has 0 aliphatic rings. The van der Waals surface area contributed by atoms with Crippen LogP contribution in [0.1, 0.15) is 13.3 Å². The summed E-state index contributed by atoms with van der Waals surface area (Å²) < 4.78 is 5.05. The maximum absolute atomic E-state index is 12.7. The van der Waals surface area contributed by atoms with Crippen molar-refractivity contribution in [3.8, 4) is 11.5 Å². The summed E-state index contributed by atoms with van der Waals surface area (Å²) >= 11 is 1.28. The van der Waals surface area contributed by atoms with Gasteiger partial charge in [-0.15, -0.1) is 0 Å². The molecule has 0 bridgehead atoms. The van der Waals surface area contributed by atoms with Crippen molar-refractivity contribution in [1.29, 1.82) is 0 Å². The summed E-state index contributed by atoms with van der Waals surface area (Å²) in [6, 6.07) is 4.62. The highest BCUT2D eigenvalue weighted by Gasteiger charge is 2.22. The number of nitrogens with zero attached hydrogens (tertiary/aromatic N) is 3. The average Bonchev–Trinajstić information content (AvgIpc) is 3.09. The number of carbonyl (C=O) groups excluding carboxylic acids is 1. The molecular weight excluding hydrogens is 356 g/mol. The Morgan fingerprint density at radius 3 is 3.00 bits per heavy atom. The van der Waals surface area contributed by atoms with E-state index in [1.165, 1.54) is 31.3 Å². The minimum atomic E-state index is -0.407. The summed E-state index contributed by atoms with van der Waals surface area (Å²) in [6.07, 6.45) is 2.08. The van der Waals surface area contributed by atoms with E-state index in [4.69, 9.17) is 10.5 Å². The summed E-state index contributed by atoms with van der Waals surface area (Å²) in [7, 11) is 1.44. The first-order chi connectivity index (χ1) is 12.5. The number of imidazole rings is 1. The Kier molecular flexibility index (Phi) is 5.12. The van der Waals surface area contributed by atoms with Gasteiger partial charge in [0.2, 0.25) is 11.9 Å². The van der Waals surface area contributed by atoms with E-state index >= 15 is 0 Å². The highest BCUT2D eigenvalue weighted by atomic mass is 32.2. The van der Waals surface area contributed by atoms with Crippen LogP contribution in [-0.4, -0.2) is 43.3 Å². The molecule has 2 aromatic heterocycles. The Morgan fingerprint density at radius 1 is 1.46 bits per heavy atom. The van der Waals surface area contributed by atoms with Gasteiger partial charge >= 0.3 is 0 Å². The van der Waals surface area contributed by atoms with Crippen molar-refractivity contribution in [1.82, 2.24) is 19.9 Å². The Bertz CT molecular complexity index is 945. The minimum absolute atomic E-state index is 0.00464. The molecule has 136 valence electrons. The first-order valence-corrected chi connectivity index (χ1v) is 8.71. The summed E-state index contributed by atoms with van der Waals surface area (Å²) in [6.45, 7) is 1.91. The van der Waals surface area contributed by atoms with Crippen LogP contribution in [0.2, 0.25) is 0 Å². The number of fused-ring (bicyclic) bond motifs is 1. The fourth-order valence-corrected chi connectivity index (χ4v) is 3.36. The van der Waals surface area contributed by atoms with Crippen LogP contribution in [0.15, 0.2) is 29.6 Å². The van der Waals surface area contributed by atoms with Crippen LogP contribution in [-0.2, 0) is 4.79 Å². The molecule has 0 unspecified atom stereocenters. The quantitative estimate of drug-likeness (QED) is 0.292. The number of rotatable bonds is 6. The fraction of sp³-hybridized carbons (Fsp3) is 0.250. The van der Waals surface area contributed by atoms with Crippen molar-refractivity contribution >= 4 is 40.5 Å². The van der Waals surface area contributed by atoms with E-state index in [1.807, 2.05) is 6.92 Å². The maximum atomic E-state index is 12.7. The molecule has 0 radical (unpaired) electrons. The number of nitrogens with one attached hydrogen (secondary N) is 2. The molecule has 3 rings (SSSR count). The molecule has 9 nitrogen and oxygen atoms in total. The number of hydrogen-bond acceptors (Lipinski definition) is 8. The molecule has 1 amide bonds. The molecule has 10 heteroatoms.